The average molecular weight is 258 g/mol. The molecule has 1 rings (SSSR count). The monoisotopic (exact) mass is 258 g/mol. The molecular formula is C11H18N2O5. The first-order chi connectivity index (χ1) is 8.38. The molecule has 0 saturated carbocycles. The quantitative estimate of drug-likeness (QED) is 0.753. The predicted molar refractivity (Wildman–Crippen MR) is 62.0 cm³/mol. The molecule has 2 atom stereocenters. The Kier molecular flexibility index (Phi) is 5.08. The van der Waals surface area contributed by atoms with Gasteiger partial charge in [-0.25, -0.2) is 4.79 Å². The van der Waals surface area contributed by atoms with Crippen LogP contribution in [0.5, 0.6) is 0 Å². The fraction of sp³-hybridized carbons (Fsp3) is 0.727. The van der Waals surface area contributed by atoms with E-state index in [9.17, 15) is 14.4 Å². The third kappa shape index (κ3) is 4.70. The maximum Gasteiger partial charge on any atom is 0.324 e. The van der Waals surface area contributed by atoms with E-state index in [1.165, 1.54) is 4.90 Å². The molecule has 1 aliphatic rings. The van der Waals surface area contributed by atoms with Crippen molar-refractivity contribution in [1.82, 2.24) is 10.2 Å². The number of hydrogen-bond acceptors (Lipinski definition) is 4. The molecule has 0 aromatic heterocycles. The number of amides is 3. The summed E-state index contributed by atoms with van der Waals surface area (Å²) in [5.74, 6) is -1.64. The van der Waals surface area contributed by atoms with Crippen molar-refractivity contribution >= 4 is 17.9 Å². The molecule has 0 aromatic rings. The predicted octanol–water partition coefficient (Wildman–Crippen LogP) is 0.197. The number of imide groups is 1. The summed E-state index contributed by atoms with van der Waals surface area (Å²) in [4.78, 5) is 34.8. The number of ether oxygens (including phenoxy) is 1. The largest absolute Gasteiger partial charge is 0.481 e. The fourth-order valence-corrected chi connectivity index (χ4v) is 1.83. The standard InChI is InChI=1S/C11H18N2O5/c1-7-5-13(6-8(2)18-7)11(17)12-9(14)3-4-10(15)16/h7-8H,3-6H2,1-2H3,(H,15,16)(H,12,14,17)/t7-,8+. The van der Waals surface area contributed by atoms with Crippen LogP contribution in [0.1, 0.15) is 26.7 Å². The highest BCUT2D eigenvalue weighted by Crippen LogP contribution is 2.10. The summed E-state index contributed by atoms with van der Waals surface area (Å²) in [6.07, 6.45) is -0.631. The zero-order valence-electron chi connectivity index (χ0n) is 10.5. The van der Waals surface area contributed by atoms with Gasteiger partial charge in [0.2, 0.25) is 5.91 Å². The van der Waals surface area contributed by atoms with Crippen LogP contribution in [0, 0.1) is 0 Å². The number of carbonyl (C=O) groups excluding carboxylic acids is 2. The zero-order chi connectivity index (χ0) is 13.7. The molecule has 0 aliphatic carbocycles. The van der Waals surface area contributed by atoms with E-state index in [1.807, 2.05) is 13.8 Å². The first-order valence-electron chi connectivity index (χ1n) is 5.84. The van der Waals surface area contributed by atoms with E-state index in [1.54, 1.807) is 0 Å². The number of rotatable bonds is 3. The third-order valence-electron chi connectivity index (χ3n) is 2.52. The minimum atomic E-state index is -1.06. The zero-order valence-corrected chi connectivity index (χ0v) is 10.5. The van der Waals surface area contributed by atoms with Gasteiger partial charge in [0, 0.05) is 19.5 Å². The molecule has 0 bridgehead atoms. The maximum atomic E-state index is 11.7. The first-order valence-corrected chi connectivity index (χ1v) is 5.84. The summed E-state index contributed by atoms with van der Waals surface area (Å²) in [7, 11) is 0. The van der Waals surface area contributed by atoms with Crippen molar-refractivity contribution in [3.05, 3.63) is 0 Å². The molecule has 1 fully saturated rings. The Balaban J connectivity index is 2.39. The van der Waals surface area contributed by atoms with Gasteiger partial charge in [-0.3, -0.25) is 14.9 Å². The first kappa shape index (κ1) is 14.4. The van der Waals surface area contributed by atoms with Crippen LogP contribution in [0.15, 0.2) is 0 Å². The Morgan fingerprint density at radius 3 is 2.28 bits per heavy atom. The van der Waals surface area contributed by atoms with Gasteiger partial charge in [0.05, 0.1) is 18.6 Å². The van der Waals surface area contributed by atoms with Gasteiger partial charge >= 0.3 is 12.0 Å². The van der Waals surface area contributed by atoms with E-state index in [0.717, 1.165) is 0 Å². The Bertz CT molecular complexity index is 334. The summed E-state index contributed by atoms with van der Waals surface area (Å²) in [5.41, 5.74) is 0. The second-order valence-electron chi connectivity index (χ2n) is 4.41. The van der Waals surface area contributed by atoms with E-state index in [-0.39, 0.29) is 25.0 Å². The highest BCUT2D eigenvalue weighted by atomic mass is 16.5. The Morgan fingerprint density at radius 1 is 1.22 bits per heavy atom. The lowest BCUT2D eigenvalue weighted by atomic mass is 10.2. The normalized spacial score (nSPS) is 23.6. The summed E-state index contributed by atoms with van der Waals surface area (Å²) >= 11 is 0. The van der Waals surface area contributed by atoms with Gasteiger partial charge in [-0.05, 0) is 13.8 Å². The summed E-state index contributed by atoms with van der Waals surface area (Å²) < 4.78 is 5.47. The van der Waals surface area contributed by atoms with Crippen LogP contribution < -0.4 is 5.32 Å². The van der Waals surface area contributed by atoms with E-state index >= 15 is 0 Å². The lowest BCUT2D eigenvalue weighted by molar-refractivity contribution is -0.138. The SMILES string of the molecule is C[C@@H]1CN(C(=O)NC(=O)CCC(=O)O)C[C@H](C)O1. The number of urea groups is 1. The van der Waals surface area contributed by atoms with E-state index in [2.05, 4.69) is 5.32 Å². The molecule has 2 N–H and O–H groups in total. The molecule has 7 nitrogen and oxygen atoms in total. The topological polar surface area (TPSA) is 95.9 Å². The smallest absolute Gasteiger partial charge is 0.324 e. The maximum absolute atomic E-state index is 11.7. The van der Waals surface area contributed by atoms with Gasteiger partial charge in [0.1, 0.15) is 0 Å². The summed E-state index contributed by atoms with van der Waals surface area (Å²) in [5, 5.41) is 10.6. The summed E-state index contributed by atoms with van der Waals surface area (Å²) in [6.45, 7) is 4.54. The number of nitrogens with zero attached hydrogens (tertiary/aromatic N) is 1. The number of carbonyl (C=O) groups is 3. The van der Waals surface area contributed by atoms with Crippen LogP contribution in [-0.4, -0.2) is 53.2 Å². The molecule has 102 valence electrons. The minimum Gasteiger partial charge on any atom is -0.481 e. The Labute approximate surface area is 105 Å². The highest BCUT2D eigenvalue weighted by molar-refractivity contribution is 5.95. The fourth-order valence-electron chi connectivity index (χ4n) is 1.83. The van der Waals surface area contributed by atoms with Crippen molar-refractivity contribution in [3.8, 4) is 0 Å². The van der Waals surface area contributed by atoms with E-state index in [0.29, 0.717) is 13.1 Å². The molecule has 0 spiro atoms. The van der Waals surface area contributed by atoms with Crippen LogP contribution in [0.2, 0.25) is 0 Å². The number of hydrogen-bond donors (Lipinski definition) is 2. The molecule has 7 heteroatoms. The Hall–Kier alpha value is -1.63. The summed E-state index contributed by atoms with van der Waals surface area (Å²) in [6, 6.07) is -0.493. The van der Waals surface area contributed by atoms with Gasteiger partial charge in [0.15, 0.2) is 0 Å². The van der Waals surface area contributed by atoms with Crippen molar-refractivity contribution in [2.24, 2.45) is 0 Å². The molecule has 0 radical (unpaired) electrons. The van der Waals surface area contributed by atoms with Gasteiger partial charge in [-0.15, -0.1) is 0 Å². The van der Waals surface area contributed by atoms with Crippen LogP contribution >= 0.6 is 0 Å². The van der Waals surface area contributed by atoms with E-state index < -0.39 is 17.9 Å². The molecule has 0 unspecified atom stereocenters. The van der Waals surface area contributed by atoms with E-state index in [4.69, 9.17) is 9.84 Å². The lowest BCUT2D eigenvalue weighted by Crippen LogP contribution is -2.52. The highest BCUT2D eigenvalue weighted by Gasteiger charge is 2.26. The van der Waals surface area contributed by atoms with Gasteiger partial charge < -0.3 is 14.7 Å². The second kappa shape index (κ2) is 6.34. The molecular weight excluding hydrogens is 240 g/mol. The van der Waals surface area contributed by atoms with Crippen molar-refractivity contribution in [1.29, 1.82) is 0 Å². The number of carboxylic acid groups (broad SMARTS) is 1. The average Bonchev–Trinajstić information content (AvgIpc) is 2.25. The number of carboxylic acids is 1. The lowest BCUT2D eigenvalue weighted by Gasteiger charge is -2.35. The van der Waals surface area contributed by atoms with Crippen LogP contribution in [0.4, 0.5) is 4.79 Å². The molecule has 18 heavy (non-hydrogen) atoms. The van der Waals surface area contributed by atoms with Crippen molar-refractivity contribution < 1.29 is 24.2 Å². The molecule has 3 amide bonds. The molecule has 0 aromatic carbocycles. The molecule has 1 heterocycles. The van der Waals surface area contributed by atoms with Crippen LogP contribution in [-0.2, 0) is 14.3 Å². The van der Waals surface area contributed by atoms with Crippen LogP contribution in [0.25, 0.3) is 0 Å². The van der Waals surface area contributed by atoms with Gasteiger partial charge in [0.25, 0.3) is 0 Å². The van der Waals surface area contributed by atoms with Crippen LogP contribution in [0.3, 0.4) is 0 Å². The Morgan fingerprint density at radius 2 is 1.78 bits per heavy atom. The van der Waals surface area contributed by atoms with Crippen molar-refractivity contribution in [3.63, 3.8) is 0 Å². The van der Waals surface area contributed by atoms with Gasteiger partial charge in [-0.2, -0.15) is 0 Å². The minimum absolute atomic E-state index is 0.0754. The third-order valence-corrected chi connectivity index (χ3v) is 2.52. The number of aliphatic carboxylic acids is 1. The molecule has 1 saturated heterocycles. The molecule has 1 aliphatic heterocycles. The number of morpholine rings is 1. The van der Waals surface area contributed by atoms with Crippen molar-refractivity contribution in [2.45, 2.75) is 38.9 Å². The number of nitrogens with one attached hydrogen (secondary N) is 1. The van der Waals surface area contributed by atoms with Gasteiger partial charge in [-0.1, -0.05) is 0 Å². The second-order valence-corrected chi connectivity index (χ2v) is 4.41. The van der Waals surface area contributed by atoms with Crippen molar-refractivity contribution in [2.75, 3.05) is 13.1 Å².